The molecule has 2 fully saturated rings. The minimum atomic E-state index is -0.239. The molecule has 0 amide bonds. The Kier molecular flexibility index (Phi) is 13.1. The summed E-state index contributed by atoms with van der Waals surface area (Å²) in [5.74, 6) is 0. The molecular weight excluding hydrogens is 543 g/mol. The van der Waals surface area contributed by atoms with E-state index in [1.165, 1.54) is 30.1 Å². The third-order valence-electron chi connectivity index (χ3n) is 7.34. The van der Waals surface area contributed by atoms with Gasteiger partial charge in [0.1, 0.15) is 0 Å². The summed E-state index contributed by atoms with van der Waals surface area (Å²) < 4.78 is 27.4. The molecule has 6 rings (SSSR count). The van der Waals surface area contributed by atoms with Crippen molar-refractivity contribution in [3.63, 3.8) is 0 Å². The Morgan fingerprint density at radius 1 is 0.756 bits per heavy atom. The normalized spacial score (nSPS) is 20.7. The van der Waals surface area contributed by atoms with Crippen molar-refractivity contribution in [2.45, 2.75) is 64.6 Å². The van der Waals surface area contributed by atoms with Crippen LogP contribution < -0.4 is 11.5 Å². The summed E-state index contributed by atoms with van der Waals surface area (Å²) in [4.78, 5) is 7.69. The number of nitrogens with zero attached hydrogens (tertiary/aromatic N) is 2. The predicted octanol–water partition coefficient (Wildman–Crippen LogP) is 5.55. The molecule has 2 saturated heterocycles. The number of halogens is 1. The van der Waals surface area contributed by atoms with E-state index in [1.807, 2.05) is 6.07 Å². The molecule has 6 heterocycles. The molecule has 4 aliphatic rings. The average Bonchev–Trinajstić information content (AvgIpc) is 3.63. The molecular formula is C30H44BClN4O5. The molecule has 0 saturated carbocycles. The van der Waals surface area contributed by atoms with Gasteiger partial charge in [0.15, 0.2) is 0 Å². The largest absolute Gasteiger partial charge is 0.490 e. The predicted molar refractivity (Wildman–Crippen MR) is 165 cm³/mol. The molecule has 0 aromatic carbocycles. The lowest BCUT2D eigenvalue weighted by molar-refractivity contribution is 0.00578. The maximum Gasteiger partial charge on any atom is 0.490 e. The van der Waals surface area contributed by atoms with Crippen LogP contribution in [-0.2, 0) is 23.5 Å². The van der Waals surface area contributed by atoms with Crippen molar-refractivity contribution in [1.82, 2.24) is 9.97 Å². The second-order valence-corrected chi connectivity index (χ2v) is 11.3. The molecule has 4 N–H and O–H groups in total. The Balaban J connectivity index is 0.000000161. The first-order chi connectivity index (χ1) is 19.6. The molecule has 224 valence electrons. The molecule has 11 heteroatoms. The van der Waals surface area contributed by atoms with Crippen LogP contribution in [0.4, 0.5) is 11.4 Å². The van der Waals surface area contributed by atoms with Crippen molar-refractivity contribution in [2.24, 2.45) is 0 Å². The van der Waals surface area contributed by atoms with Crippen LogP contribution in [0.15, 0.2) is 54.5 Å². The van der Waals surface area contributed by atoms with Crippen molar-refractivity contribution in [3.8, 4) is 0 Å². The maximum atomic E-state index is 5.96. The van der Waals surface area contributed by atoms with Gasteiger partial charge in [-0.3, -0.25) is 9.97 Å². The molecule has 2 aromatic rings. The van der Waals surface area contributed by atoms with Gasteiger partial charge in [-0.1, -0.05) is 23.8 Å². The SMILES string of the molecule is C1CCOC1.CC1(C)OB(C2=CCOCC2)OC1(C)C.Nc1cnccc1C1=CCOCC1.Nc1cnccc1Cl. The zero-order valence-corrected chi connectivity index (χ0v) is 25.5. The topological polar surface area (TPSA) is 124 Å². The summed E-state index contributed by atoms with van der Waals surface area (Å²) >= 11 is 5.54. The first-order valence-corrected chi connectivity index (χ1v) is 14.5. The summed E-state index contributed by atoms with van der Waals surface area (Å²) in [6.45, 7) is 13.2. The molecule has 0 unspecified atom stereocenters. The second-order valence-electron chi connectivity index (χ2n) is 10.9. The third-order valence-corrected chi connectivity index (χ3v) is 7.68. The van der Waals surface area contributed by atoms with Crippen LogP contribution in [0.3, 0.4) is 0 Å². The van der Waals surface area contributed by atoms with Crippen molar-refractivity contribution in [2.75, 3.05) is 51.1 Å². The number of rotatable bonds is 2. The van der Waals surface area contributed by atoms with Gasteiger partial charge in [-0.05, 0) is 76.6 Å². The highest BCUT2D eigenvalue weighted by molar-refractivity contribution is 6.54. The summed E-state index contributed by atoms with van der Waals surface area (Å²) in [7, 11) is -0.182. The summed E-state index contributed by atoms with van der Waals surface area (Å²) in [6.07, 6.45) is 15.1. The fraction of sp³-hybridized carbons (Fsp3) is 0.533. The number of anilines is 2. The average molecular weight is 587 g/mol. The summed E-state index contributed by atoms with van der Waals surface area (Å²) in [6, 6.07) is 3.60. The molecule has 41 heavy (non-hydrogen) atoms. The summed E-state index contributed by atoms with van der Waals surface area (Å²) in [5.41, 5.74) is 15.5. The molecule has 0 radical (unpaired) electrons. The molecule has 0 aliphatic carbocycles. The molecule has 0 bridgehead atoms. The Morgan fingerprint density at radius 2 is 1.34 bits per heavy atom. The number of nitrogen functional groups attached to an aromatic ring is 2. The molecule has 0 spiro atoms. The van der Waals surface area contributed by atoms with Crippen LogP contribution >= 0.6 is 11.6 Å². The minimum Gasteiger partial charge on any atom is -0.400 e. The zero-order chi connectivity index (χ0) is 29.7. The molecule has 9 nitrogen and oxygen atoms in total. The van der Waals surface area contributed by atoms with E-state index in [-0.39, 0.29) is 18.3 Å². The highest BCUT2D eigenvalue weighted by atomic mass is 35.5. The van der Waals surface area contributed by atoms with Gasteiger partial charge in [-0.25, -0.2) is 0 Å². The van der Waals surface area contributed by atoms with Crippen LogP contribution in [0, 0.1) is 0 Å². The lowest BCUT2D eigenvalue weighted by Gasteiger charge is -2.32. The maximum absolute atomic E-state index is 5.96. The van der Waals surface area contributed by atoms with E-state index in [4.69, 9.17) is 46.6 Å². The van der Waals surface area contributed by atoms with Crippen molar-refractivity contribution < 1.29 is 23.5 Å². The Hall–Kier alpha value is -2.47. The van der Waals surface area contributed by atoms with Gasteiger partial charge in [0.2, 0.25) is 0 Å². The number of pyridine rings is 2. The lowest BCUT2D eigenvalue weighted by Crippen LogP contribution is -2.41. The fourth-order valence-electron chi connectivity index (χ4n) is 4.12. The van der Waals surface area contributed by atoms with E-state index in [1.54, 1.807) is 24.7 Å². The van der Waals surface area contributed by atoms with E-state index < -0.39 is 0 Å². The minimum absolute atomic E-state index is 0.182. The van der Waals surface area contributed by atoms with E-state index in [0.717, 1.165) is 50.5 Å². The van der Waals surface area contributed by atoms with Gasteiger partial charge in [-0.15, -0.1) is 0 Å². The number of hydrogen-bond acceptors (Lipinski definition) is 9. The monoisotopic (exact) mass is 586 g/mol. The number of aromatic nitrogens is 2. The summed E-state index contributed by atoms with van der Waals surface area (Å²) in [5, 5.41) is 0.556. The van der Waals surface area contributed by atoms with Crippen LogP contribution in [0.25, 0.3) is 5.57 Å². The third kappa shape index (κ3) is 10.4. The standard InChI is InChI=1S/C11H19BO3.C10H12N2O.C5H5ClN2.C4H8O/c1-10(2)11(3,4)15-12(14-10)9-5-7-13-8-6-9;11-10-7-12-4-1-9(10)8-2-5-13-6-3-8;6-4-1-2-8-3-5(4)7;1-2-4-5-3-1/h5H,6-8H2,1-4H3;1-2,4,7H,3,5-6,11H2;1-3H,7H2;1-4H2. The number of hydrogen-bond donors (Lipinski definition) is 2. The first kappa shape index (κ1) is 33.0. The molecule has 0 atom stereocenters. The fourth-order valence-corrected chi connectivity index (χ4v) is 4.23. The Bertz CT molecular complexity index is 1110. The van der Waals surface area contributed by atoms with E-state index in [9.17, 15) is 0 Å². The number of ether oxygens (including phenoxy) is 3. The molecule has 2 aromatic heterocycles. The van der Waals surface area contributed by atoms with E-state index >= 15 is 0 Å². The Labute approximate surface area is 249 Å². The highest BCUT2D eigenvalue weighted by Gasteiger charge is 2.52. The second kappa shape index (κ2) is 16.2. The van der Waals surface area contributed by atoms with Crippen LogP contribution in [0.2, 0.25) is 5.02 Å². The zero-order valence-electron chi connectivity index (χ0n) is 24.7. The smallest absolute Gasteiger partial charge is 0.400 e. The van der Waals surface area contributed by atoms with Crippen molar-refractivity contribution >= 4 is 35.7 Å². The quantitative estimate of drug-likeness (QED) is 0.436. The van der Waals surface area contributed by atoms with Crippen LogP contribution in [0.1, 0.15) is 58.9 Å². The van der Waals surface area contributed by atoms with Crippen LogP contribution in [-0.4, -0.2) is 67.9 Å². The highest BCUT2D eigenvalue weighted by Crippen LogP contribution is 2.39. The van der Waals surface area contributed by atoms with Gasteiger partial charge in [0.05, 0.1) is 66.4 Å². The number of nitrogens with two attached hydrogens (primary N) is 2. The van der Waals surface area contributed by atoms with Gasteiger partial charge < -0.3 is 35.0 Å². The van der Waals surface area contributed by atoms with Crippen LogP contribution in [0.5, 0.6) is 0 Å². The van der Waals surface area contributed by atoms with Gasteiger partial charge in [0, 0.05) is 31.2 Å². The van der Waals surface area contributed by atoms with Gasteiger partial charge in [-0.2, -0.15) is 0 Å². The first-order valence-electron chi connectivity index (χ1n) is 14.1. The van der Waals surface area contributed by atoms with Crippen molar-refractivity contribution in [3.05, 3.63) is 65.1 Å². The van der Waals surface area contributed by atoms with E-state index in [0.29, 0.717) is 23.9 Å². The van der Waals surface area contributed by atoms with Crippen molar-refractivity contribution in [1.29, 1.82) is 0 Å². The molecule has 4 aliphatic heterocycles. The Morgan fingerprint density at radius 3 is 1.78 bits per heavy atom. The van der Waals surface area contributed by atoms with Gasteiger partial charge in [0.25, 0.3) is 0 Å². The van der Waals surface area contributed by atoms with Gasteiger partial charge >= 0.3 is 7.12 Å². The lowest BCUT2D eigenvalue weighted by atomic mass is 9.75. The van der Waals surface area contributed by atoms with E-state index in [2.05, 4.69) is 49.8 Å².